The quantitative estimate of drug-likeness (QED) is 0.470. The third-order valence-electron chi connectivity index (χ3n) is 6.18. The summed E-state index contributed by atoms with van der Waals surface area (Å²) in [5.74, 6) is 1.20. The van der Waals surface area contributed by atoms with Gasteiger partial charge in [-0.1, -0.05) is 69.2 Å². The molecule has 2 rings (SSSR count). The molecule has 0 bridgehead atoms. The van der Waals surface area contributed by atoms with Gasteiger partial charge in [0.1, 0.15) is 4.90 Å². The highest BCUT2D eigenvalue weighted by Gasteiger charge is 2.31. The molecular weight excluding hydrogens is 392 g/mol. The Morgan fingerprint density at radius 2 is 1.07 bits per heavy atom. The topological polar surface area (TPSA) is 54.4 Å². The summed E-state index contributed by atoms with van der Waals surface area (Å²) in [6, 6.07) is 2.05. The second kappa shape index (κ2) is 8.63. The molecule has 168 valence electrons. The van der Waals surface area contributed by atoms with E-state index in [4.69, 9.17) is 0 Å². The molecule has 3 nitrogen and oxygen atoms in total. The van der Waals surface area contributed by atoms with Gasteiger partial charge >= 0.3 is 0 Å². The van der Waals surface area contributed by atoms with Gasteiger partial charge in [-0.15, -0.1) is 0 Å². The highest BCUT2D eigenvalue weighted by atomic mass is 32.2. The van der Waals surface area contributed by atoms with Crippen molar-refractivity contribution in [2.45, 2.75) is 111 Å². The van der Waals surface area contributed by atoms with Crippen LogP contribution >= 0.6 is 0 Å². The first-order chi connectivity index (χ1) is 13.6. The normalized spacial score (nSPS) is 13.1. The molecule has 0 atom stereocenters. The summed E-state index contributed by atoms with van der Waals surface area (Å²) in [7, 11) is -4.38. The maximum atomic E-state index is 12.7. The molecule has 4 heteroatoms. The lowest BCUT2D eigenvalue weighted by atomic mass is 9.75. The van der Waals surface area contributed by atoms with Crippen molar-refractivity contribution in [3.63, 3.8) is 0 Å². The number of benzene rings is 2. The minimum absolute atomic E-state index is 0.0877. The first-order valence-electron chi connectivity index (χ1n) is 11.3. The van der Waals surface area contributed by atoms with E-state index in [0.717, 1.165) is 10.9 Å². The summed E-state index contributed by atoms with van der Waals surface area (Å²) in [5.41, 5.74) is 6.71. The van der Waals surface area contributed by atoms with Crippen molar-refractivity contribution >= 4 is 20.9 Å². The van der Waals surface area contributed by atoms with Gasteiger partial charge in [-0.25, -0.2) is 0 Å². The fourth-order valence-electron chi connectivity index (χ4n) is 5.27. The van der Waals surface area contributed by atoms with E-state index in [-0.39, 0.29) is 28.6 Å². The van der Waals surface area contributed by atoms with E-state index in [9.17, 15) is 13.0 Å². The summed E-state index contributed by atoms with van der Waals surface area (Å²) in [6.45, 7) is 23.6. The van der Waals surface area contributed by atoms with Crippen LogP contribution in [0.3, 0.4) is 0 Å². The monoisotopic (exact) mass is 432 g/mol. The van der Waals surface area contributed by atoms with Crippen molar-refractivity contribution in [1.29, 1.82) is 0 Å². The van der Waals surface area contributed by atoms with Crippen LogP contribution < -0.4 is 0 Å². The van der Waals surface area contributed by atoms with E-state index in [2.05, 4.69) is 69.2 Å². The van der Waals surface area contributed by atoms with Crippen LogP contribution in [-0.4, -0.2) is 13.0 Å². The van der Waals surface area contributed by atoms with Crippen LogP contribution in [0.2, 0.25) is 0 Å². The van der Waals surface area contributed by atoms with E-state index < -0.39 is 10.1 Å². The zero-order valence-electron chi connectivity index (χ0n) is 20.6. The van der Waals surface area contributed by atoms with Crippen molar-refractivity contribution in [2.75, 3.05) is 0 Å². The Balaban J connectivity index is 3.48. The van der Waals surface area contributed by atoms with E-state index in [0.29, 0.717) is 16.9 Å². The smallest absolute Gasteiger partial charge is 0.282 e. The number of hydrogen-bond donors (Lipinski definition) is 1. The molecule has 0 unspecified atom stereocenters. The van der Waals surface area contributed by atoms with Crippen LogP contribution in [0, 0.1) is 6.92 Å². The molecule has 0 aromatic heterocycles. The largest absolute Gasteiger partial charge is 0.295 e. The highest BCUT2D eigenvalue weighted by Crippen LogP contribution is 2.47. The molecule has 0 fully saturated rings. The number of fused-ring (bicyclic) bond motifs is 1. The fourth-order valence-corrected chi connectivity index (χ4v) is 6.20. The average molecular weight is 433 g/mol. The van der Waals surface area contributed by atoms with Gasteiger partial charge in [0.05, 0.1) is 0 Å². The van der Waals surface area contributed by atoms with Gasteiger partial charge in [0.25, 0.3) is 10.1 Å². The van der Waals surface area contributed by atoms with Gasteiger partial charge in [-0.2, -0.15) is 8.42 Å². The van der Waals surface area contributed by atoms with E-state index in [1.807, 2.05) is 13.0 Å². The fraction of sp³-hybridized carbons (Fsp3) is 0.615. The minimum atomic E-state index is -4.38. The molecule has 0 radical (unpaired) electrons. The lowest BCUT2D eigenvalue weighted by Crippen LogP contribution is -2.15. The van der Waals surface area contributed by atoms with Crippen LogP contribution in [0.15, 0.2) is 11.0 Å². The van der Waals surface area contributed by atoms with Crippen LogP contribution in [0.1, 0.15) is 132 Å². The van der Waals surface area contributed by atoms with Crippen LogP contribution in [0.25, 0.3) is 10.8 Å². The standard InChI is InChI=1S/C26H40O3S/c1-13(2)19-12-20-25(24(17(9)10)22(19)15(5)6)23(16(7)8)21(14(3)4)18(11)26(20)30(27,28)29/h12-17H,1-11H3,(H,27,28,29). The van der Waals surface area contributed by atoms with Crippen LogP contribution in [-0.2, 0) is 10.1 Å². The van der Waals surface area contributed by atoms with Gasteiger partial charge in [0.15, 0.2) is 0 Å². The molecule has 2 aromatic rings. The second-order valence-corrected chi connectivity index (χ2v) is 11.6. The number of rotatable bonds is 6. The second-order valence-electron chi connectivity index (χ2n) is 10.2. The van der Waals surface area contributed by atoms with Gasteiger partial charge in [0, 0.05) is 5.39 Å². The van der Waals surface area contributed by atoms with Crippen molar-refractivity contribution in [3.8, 4) is 0 Å². The molecule has 30 heavy (non-hydrogen) atoms. The zero-order valence-corrected chi connectivity index (χ0v) is 21.5. The predicted molar refractivity (Wildman–Crippen MR) is 129 cm³/mol. The van der Waals surface area contributed by atoms with Gasteiger partial charge in [-0.3, -0.25) is 4.55 Å². The Hall–Kier alpha value is -1.39. The minimum Gasteiger partial charge on any atom is -0.282 e. The van der Waals surface area contributed by atoms with E-state index in [1.165, 1.54) is 22.3 Å². The predicted octanol–water partition coefficient (Wildman–Crippen LogP) is 8.01. The summed E-state index contributed by atoms with van der Waals surface area (Å²) in [6.07, 6.45) is 0. The lowest BCUT2D eigenvalue weighted by molar-refractivity contribution is 0.483. The molecule has 2 aromatic carbocycles. The van der Waals surface area contributed by atoms with Crippen molar-refractivity contribution in [2.24, 2.45) is 0 Å². The molecule has 0 heterocycles. The zero-order chi connectivity index (χ0) is 23.3. The first-order valence-corrected chi connectivity index (χ1v) is 12.7. The first kappa shape index (κ1) is 24.9. The Morgan fingerprint density at radius 1 is 0.667 bits per heavy atom. The van der Waals surface area contributed by atoms with E-state index in [1.54, 1.807) is 0 Å². The third kappa shape index (κ3) is 4.18. The van der Waals surface area contributed by atoms with Crippen LogP contribution in [0.5, 0.6) is 0 Å². The van der Waals surface area contributed by atoms with E-state index >= 15 is 0 Å². The maximum Gasteiger partial charge on any atom is 0.295 e. The van der Waals surface area contributed by atoms with Gasteiger partial charge in [0.2, 0.25) is 0 Å². The molecule has 1 N–H and O–H groups in total. The molecule has 0 aliphatic carbocycles. The van der Waals surface area contributed by atoms with Crippen LogP contribution in [0.4, 0.5) is 0 Å². The van der Waals surface area contributed by atoms with Crippen molar-refractivity contribution in [3.05, 3.63) is 39.4 Å². The van der Waals surface area contributed by atoms with Gasteiger partial charge in [-0.05, 0) is 81.3 Å². The SMILES string of the molecule is Cc1c(C(C)C)c(C(C)C)c2c(C(C)C)c(C(C)C)c(C(C)C)cc2c1S(=O)(=O)O. The molecule has 0 saturated carbocycles. The van der Waals surface area contributed by atoms with Gasteiger partial charge < -0.3 is 0 Å². The molecular formula is C26H40O3S. The third-order valence-corrected chi connectivity index (χ3v) is 7.22. The maximum absolute atomic E-state index is 12.7. The summed E-state index contributed by atoms with van der Waals surface area (Å²) in [4.78, 5) is 0.0877. The Labute approximate surface area is 184 Å². The molecule has 0 saturated heterocycles. The Bertz CT molecular complexity index is 1060. The van der Waals surface area contributed by atoms with Crippen molar-refractivity contribution in [1.82, 2.24) is 0 Å². The lowest BCUT2D eigenvalue weighted by Gasteiger charge is -2.31. The summed E-state index contributed by atoms with van der Waals surface area (Å²) < 4.78 is 35.6. The number of hydrogen-bond acceptors (Lipinski definition) is 2. The Kier molecular flexibility index (Phi) is 7.15. The molecule has 0 aliphatic rings. The molecule has 0 aliphatic heterocycles. The Morgan fingerprint density at radius 3 is 1.40 bits per heavy atom. The highest BCUT2D eigenvalue weighted by molar-refractivity contribution is 7.86. The molecule has 0 spiro atoms. The summed E-state index contributed by atoms with van der Waals surface area (Å²) in [5, 5.41) is 1.72. The van der Waals surface area contributed by atoms with Crippen molar-refractivity contribution < 1.29 is 13.0 Å². The summed E-state index contributed by atoms with van der Waals surface area (Å²) >= 11 is 0. The average Bonchev–Trinajstić information content (AvgIpc) is 2.56. The molecule has 0 amide bonds.